The molecule has 0 heterocycles. The number of benzene rings is 2. The first-order valence-corrected chi connectivity index (χ1v) is 10.3. The maximum atomic E-state index is 12.2. The van der Waals surface area contributed by atoms with Crippen molar-refractivity contribution >= 4 is 27.7 Å². The molecular weight excluding hydrogens is 364 g/mol. The van der Waals surface area contributed by atoms with Crippen LogP contribution in [-0.4, -0.2) is 27.7 Å². The van der Waals surface area contributed by atoms with Crippen LogP contribution in [0.4, 0.5) is 5.69 Å². The molecule has 0 unspecified atom stereocenters. The van der Waals surface area contributed by atoms with E-state index in [1.54, 1.807) is 37.5 Å². The van der Waals surface area contributed by atoms with Crippen LogP contribution in [0.3, 0.4) is 0 Å². The van der Waals surface area contributed by atoms with Crippen LogP contribution in [0.2, 0.25) is 0 Å². The molecule has 0 bridgehead atoms. The number of amides is 1. The number of methoxy groups -OCH3 is 1. The van der Waals surface area contributed by atoms with E-state index >= 15 is 0 Å². The SMILES string of the molecule is COc1ccc(C)cc1[C@H](C)NC(=O)/C=C\c1ccc(NS(C)(=O)=O)cc1. The fourth-order valence-corrected chi connectivity index (χ4v) is 3.14. The molecule has 6 nitrogen and oxygen atoms in total. The summed E-state index contributed by atoms with van der Waals surface area (Å²) in [5.41, 5.74) is 3.25. The number of nitrogens with one attached hydrogen (secondary N) is 2. The first-order valence-electron chi connectivity index (χ1n) is 8.39. The summed E-state index contributed by atoms with van der Waals surface area (Å²) in [6.07, 6.45) is 4.20. The van der Waals surface area contributed by atoms with Gasteiger partial charge in [0.2, 0.25) is 15.9 Å². The molecule has 7 heteroatoms. The summed E-state index contributed by atoms with van der Waals surface area (Å²) < 4.78 is 30.1. The van der Waals surface area contributed by atoms with Gasteiger partial charge in [0.15, 0.2) is 0 Å². The highest BCUT2D eigenvalue weighted by Crippen LogP contribution is 2.26. The van der Waals surface area contributed by atoms with Crippen molar-refractivity contribution in [2.75, 3.05) is 18.1 Å². The van der Waals surface area contributed by atoms with Gasteiger partial charge < -0.3 is 10.1 Å². The lowest BCUT2D eigenvalue weighted by Gasteiger charge is -2.17. The lowest BCUT2D eigenvalue weighted by molar-refractivity contribution is -0.117. The minimum atomic E-state index is -3.31. The monoisotopic (exact) mass is 388 g/mol. The molecule has 0 saturated carbocycles. The minimum Gasteiger partial charge on any atom is -0.496 e. The summed E-state index contributed by atoms with van der Waals surface area (Å²) in [4.78, 5) is 12.2. The lowest BCUT2D eigenvalue weighted by atomic mass is 10.0. The number of ether oxygens (including phenoxy) is 1. The van der Waals surface area contributed by atoms with E-state index in [9.17, 15) is 13.2 Å². The van der Waals surface area contributed by atoms with Crippen molar-refractivity contribution in [2.24, 2.45) is 0 Å². The lowest BCUT2D eigenvalue weighted by Crippen LogP contribution is -2.25. The molecule has 0 radical (unpaired) electrons. The van der Waals surface area contributed by atoms with Crippen molar-refractivity contribution in [3.8, 4) is 5.75 Å². The summed E-state index contributed by atoms with van der Waals surface area (Å²) >= 11 is 0. The second kappa shape index (κ2) is 8.73. The van der Waals surface area contributed by atoms with Crippen molar-refractivity contribution in [3.63, 3.8) is 0 Å². The fraction of sp³-hybridized carbons (Fsp3) is 0.250. The highest BCUT2D eigenvalue weighted by molar-refractivity contribution is 7.92. The van der Waals surface area contributed by atoms with Crippen LogP contribution in [-0.2, 0) is 14.8 Å². The van der Waals surface area contributed by atoms with E-state index < -0.39 is 10.0 Å². The third-order valence-electron chi connectivity index (χ3n) is 3.85. The molecule has 2 rings (SSSR count). The van der Waals surface area contributed by atoms with Gasteiger partial charge in [0.1, 0.15) is 5.75 Å². The number of sulfonamides is 1. The third-order valence-corrected chi connectivity index (χ3v) is 4.46. The van der Waals surface area contributed by atoms with E-state index in [1.807, 2.05) is 32.0 Å². The van der Waals surface area contributed by atoms with Crippen LogP contribution in [0.25, 0.3) is 6.08 Å². The fourth-order valence-electron chi connectivity index (χ4n) is 2.58. The second-order valence-corrected chi connectivity index (χ2v) is 8.05. The van der Waals surface area contributed by atoms with Crippen molar-refractivity contribution in [1.82, 2.24) is 5.32 Å². The van der Waals surface area contributed by atoms with E-state index in [0.29, 0.717) is 5.69 Å². The van der Waals surface area contributed by atoms with Crippen molar-refractivity contribution in [2.45, 2.75) is 19.9 Å². The van der Waals surface area contributed by atoms with Crippen molar-refractivity contribution in [3.05, 3.63) is 65.2 Å². The Morgan fingerprint density at radius 2 is 1.81 bits per heavy atom. The van der Waals surface area contributed by atoms with Gasteiger partial charge >= 0.3 is 0 Å². The first-order chi connectivity index (χ1) is 12.7. The Balaban J connectivity index is 2.02. The molecule has 1 atom stereocenters. The number of anilines is 1. The van der Waals surface area contributed by atoms with E-state index in [-0.39, 0.29) is 11.9 Å². The zero-order valence-corrected chi connectivity index (χ0v) is 16.6. The quantitative estimate of drug-likeness (QED) is 0.713. The Kier molecular flexibility index (Phi) is 6.63. The third kappa shape index (κ3) is 6.45. The molecule has 0 saturated heterocycles. The molecule has 2 aromatic carbocycles. The van der Waals surface area contributed by atoms with Crippen LogP contribution in [0, 0.1) is 6.92 Å². The summed E-state index contributed by atoms with van der Waals surface area (Å²) in [5.74, 6) is 0.496. The van der Waals surface area contributed by atoms with Crippen LogP contribution in [0.1, 0.15) is 29.7 Å². The van der Waals surface area contributed by atoms with Gasteiger partial charge in [-0.2, -0.15) is 0 Å². The maximum absolute atomic E-state index is 12.2. The van der Waals surface area contributed by atoms with E-state index in [4.69, 9.17) is 4.74 Å². The molecule has 0 fully saturated rings. The number of hydrogen-bond donors (Lipinski definition) is 2. The van der Waals surface area contributed by atoms with Gasteiger partial charge in [0.05, 0.1) is 19.4 Å². The summed E-state index contributed by atoms with van der Waals surface area (Å²) in [6, 6.07) is 12.3. The number of hydrogen-bond acceptors (Lipinski definition) is 4. The Hall–Kier alpha value is -2.80. The van der Waals surface area contributed by atoms with Crippen LogP contribution >= 0.6 is 0 Å². The summed E-state index contributed by atoms with van der Waals surface area (Å²) in [5, 5.41) is 2.91. The first kappa shape index (κ1) is 20.5. The van der Waals surface area contributed by atoms with Gasteiger partial charge in [-0.15, -0.1) is 0 Å². The molecule has 144 valence electrons. The van der Waals surface area contributed by atoms with E-state index in [0.717, 1.165) is 28.7 Å². The van der Waals surface area contributed by atoms with Gasteiger partial charge in [-0.25, -0.2) is 8.42 Å². The zero-order chi connectivity index (χ0) is 20.0. The van der Waals surface area contributed by atoms with Crippen molar-refractivity contribution < 1.29 is 17.9 Å². The van der Waals surface area contributed by atoms with Crippen LogP contribution in [0.15, 0.2) is 48.5 Å². The van der Waals surface area contributed by atoms with Crippen molar-refractivity contribution in [1.29, 1.82) is 0 Å². The molecule has 1 amide bonds. The predicted octanol–water partition coefficient (Wildman–Crippen LogP) is 3.27. The largest absolute Gasteiger partial charge is 0.496 e. The zero-order valence-electron chi connectivity index (χ0n) is 15.8. The molecular formula is C20H24N2O4S. The summed E-state index contributed by atoms with van der Waals surface area (Å²) in [7, 11) is -1.70. The highest BCUT2D eigenvalue weighted by atomic mass is 32.2. The normalized spacial score (nSPS) is 12.6. The molecule has 27 heavy (non-hydrogen) atoms. The van der Waals surface area contributed by atoms with Crippen LogP contribution < -0.4 is 14.8 Å². The predicted molar refractivity (Wildman–Crippen MR) is 108 cm³/mol. The highest BCUT2D eigenvalue weighted by Gasteiger charge is 2.13. The Labute approximate surface area is 160 Å². The van der Waals surface area contributed by atoms with Gasteiger partial charge in [-0.05, 0) is 43.7 Å². The number of aryl methyl sites for hydroxylation is 1. The summed E-state index contributed by atoms with van der Waals surface area (Å²) in [6.45, 7) is 3.88. The molecule has 0 aromatic heterocycles. The average Bonchev–Trinajstić information content (AvgIpc) is 2.59. The second-order valence-electron chi connectivity index (χ2n) is 6.31. The molecule has 2 aromatic rings. The topological polar surface area (TPSA) is 84.5 Å². The van der Waals surface area contributed by atoms with E-state index in [2.05, 4.69) is 10.0 Å². The minimum absolute atomic E-state index is 0.210. The number of carbonyl (C=O) groups excluding carboxylic acids is 1. The molecule has 0 aliphatic rings. The molecule has 0 aliphatic heterocycles. The van der Waals surface area contributed by atoms with Crippen LogP contribution in [0.5, 0.6) is 5.75 Å². The molecule has 2 N–H and O–H groups in total. The van der Waals surface area contributed by atoms with Gasteiger partial charge in [-0.3, -0.25) is 9.52 Å². The van der Waals surface area contributed by atoms with Gasteiger partial charge in [0, 0.05) is 17.3 Å². The number of carbonyl (C=O) groups is 1. The molecule has 0 aliphatic carbocycles. The Bertz CT molecular complexity index is 935. The maximum Gasteiger partial charge on any atom is 0.244 e. The average molecular weight is 388 g/mol. The van der Waals surface area contributed by atoms with E-state index in [1.165, 1.54) is 6.08 Å². The molecule has 0 spiro atoms. The number of rotatable bonds is 7. The smallest absolute Gasteiger partial charge is 0.244 e. The van der Waals surface area contributed by atoms with Gasteiger partial charge in [-0.1, -0.05) is 29.8 Å². The Morgan fingerprint density at radius 1 is 1.15 bits per heavy atom. The standard InChI is InChI=1S/C20H24N2O4S/c1-14-5-11-19(26-3)18(13-14)15(2)21-20(23)12-8-16-6-9-17(10-7-16)22-27(4,24)25/h5-13,15,22H,1-4H3,(H,21,23)/b12-8-/t15-/m0/s1. The van der Waals surface area contributed by atoms with Gasteiger partial charge in [0.25, 0.3) is 0 Å². The Morgan fingerprint density at radius 3 is 2.41 bits per heavy atom.